The van der Waals surface area contributed by atoms with Gasteiger partial charge in [-0.3, -0.25) is 9.59 Å². The Hall–Kier alpha value is -1.10. The minimum absolute atomic E-state index is 0.110. The Morgan fingerprint density at radius 1 is 1.62 bits per heavy atom. The molecule has 4 nitrogen and oxygen atoms in total. The molecule has 1 aromatic rings. The lowest BCUT2D eigenvalue weighted by atomic mass is 10.3. The van der Waals surface area contributed by atoms with Crippen LogP contribution in [0.4, 0.5) is 0 Å². The molecule has 70 valence electrons. The number of hydrogen-bond donors (Lipinski definition) is 1. The van der Waals surface area contributed by atoms with Crippen LogP contribution in [0.2, 0.25) is 0 Å². The maximum Gasteiger partial charge on any atom is 0.323 e. The Morgan fingerprint density at radius 2 is 2.23 bits per heavy atom. The number of hydrogen-bond acceptors (Lipinski definition) is 2. The maximum absolute atomic E-state index is 11.2. The van der Waals surface area contributed by atoms with Crippen LogP contribution in [0.3, 0.4) is 0 Å². The fourth-order valence-electron chi connectivity index (χ4n) is 0.985. The standard InChI is InChI=1S/C8H8BrNO3/c1-5-2-10(4-7(11)12)3-6(9)8(5)13/h2-3H,4H2,1H3,(H,11,12). The van der Waals surface area contributed by atoms with Gasteiger partial charge in [0, 0.05) is 18.0 Å². The van der Waals surface area contributed by atoms with Crippen molar-refractivity contribution in [3.63, 3.8) is 0 Å². The van der Waals surface area contributed by atoms with Gasteiger partial charge in [-0.15, -0.1) is 0 Å². The highest BCUT2D eigenvalue weighted by Crippen LogP contribution is 2.04. The van der Waals surface area contributed by atoms with Crippen LogP contribution < -0.4 is 5.43 Å². The first-order chi connectivity index (χ1) is 6.00. The Bertz CT molecular complexity index is 371. The number of carboxylic acid groups (broad SMARTS) is 1. The molecule has 0 aromatic carbocycles. The summed E-state index contributed by atoms with van der Waals surface area (Å²) in [6, 6.07) is 0. The van der Waals surface area contributed by atoms with E-state index in [0.717, 1.165) is 0 Å². The summed E-state index contributed by atoms with van der Waals surface area (Å²) in [7, 11) is 0. The van der Waals surface area contributed by atoms with E-state index < -0.39 is 5.97 Å². The number of carbonyl (C=O) groups is 1. The quantitative estimate of drug-likeness (QED) is 0.846. The number of halogens is 1. The summed E-state index contributed by atoms with van der Waals surface area (Å²) in [4.78, 5) is 21.6. The molecule has 0 aliphatic rings. The molecule has 0 spiro atoms. The van der Waals surface area contributed by atoms with Crippen LogP contribution in [-0.2, 0) is 11.3 Å². The van der Waals surface area contributed by atoms with E-state index in [9.17, 15) is 9.59 Å². The van der Waals surface area contributed by atoms with Crippen molar-refractivity contribution >= 4 is 21.9 Å². The lowest BCUT2D eigenvalue weighted by Crippen LogP contribution is -2.15. The SMILES string of the molecule is Cc1cn(CC(=O)O)cc(Br)c1=O. The second-order valence-electron chi connectivity index (χ2n) is 2.68. The van der Waals surface area contributed by atoms with Crippen molar-refractivity contribution in [1.82, 2.24) is 4.57 Å². The summed E-state index contributed by atoms with van der Waals surface area (Å²) in [6.45, 7) is 1.51. The van der Waals surface area contributed by atoms with Crippen LogP contribution in [0.15, 0.2) is 21.7 Å². The summed E-state index contributed by atoms with van der Waals surface area (Å²) in [6.07, 6.45) is 2.98. The van der Waals surface area contributed by atoms with Gasteiger partial charge in [-0.1, -0.05) is 0 Å². The van der Waals surface area contributed by atoms with Gasteiger partial charge < -0.3 is 9.67 Å². The van der Waals surface area contributed by atoms with Gasteiger partial charge in [0.05, 0.1) is 4.47 Å². The molecule has 0 unspecified atom stereocenters. The summed E-state index contributed by atoms with van der Waals surface area (Å²) in [5.41, 5.74) is 0.414. The first kappa shape index (κ1) is 9.98. The third-order valence-corrected chi connectivity index (χ3v) is 2.10. The van der Waals surface area contributed by atoms with E-state index in [2.05, 4.69) is 15.9 Å². The van der Waals surface area contributed by atoms with Crippen molar-refractivity contribution in [3.8, 4) is 0 Å². The molecule has 0 fully saturated rings. The zero-order valence-electron chi connectivity index (χ0n) is 6.95. The molecule has 0 amide bonds. The van der Waals surface area contributed by atoms with Crippen molar-refractivity contribution in [2.24, 2.45) is 0 Å². The largest absolute Gasteiger partial charge is 0.480 e. The molecule has 0 bridgehead atoms. The van der Waals surface area contributed by atoms with Crippen molar-refractivity contribution in [2.45, 2.75) is 13.5 Å². The van der Waals surface area contributed by atoms with E-state index in [1.165, 1.54) is 17.0 Å². The fraction of sp³-hybridized carbons (Fsp3) is 0.250. The first-order valence-corrected chi connectivity index (χ1v) is 4.38. The lowest BCUT2D eigenvalue weighted by Gasteiger charge is -2.04. The van der Waals surface area contributed by atoms with E-state index >= 15 is 0 Å². The minimum atomic E-state index is -0.935. The van der Waals surface area contributed by atoms with Gasteiger partial charge in [0.25, 0.3) is 0 Å². The van der Waals surface area contributed by atoms with Crippen molar-refractivity contribution in [2.75, 3.05) is 0 Å². The van der Waals surface area contributed by atoms with Crippen LogP contribution in [-0.4, -0.2) is 15.6 Å². The molecule has 1 rings (SSSR count). The summed E-state index contributed by atoms with van der Waals surface area (Å²) >= 11 is 3.06. The number of rotatable bonds is 2. The van der Waals surface area contributed by atoms with Crippen LogP contribution in [0.1, 0.15) is 5.56 Å². The highest BCUT2D eigenvalue weighted by Gasteiger charge is 2.03. The van der Waals surface area contributed by atoms with Gasteiger partial charge in [0.1, 0.15) is 6.54 Å². The molecule has 13 heavy (non-hydrogen) atoms. The van der Waals surface area contributed by atoms with E-state index in [1.807, 2.05) is 0 Å². The molecule has 1 heterocycles. The van der Waals surface area contributed by atoms with Crippen LogP contribution >= 0.6 is 15.9 Å². The number of carboxylic acids is 1. The molecule has 0 saturated heterocycles. The predicted octanol–water partition coefficient (Wildman–Crippen LogP) is 1.00. The average Bonchev–Trinajstić information content (AvgIpc) is 1.98. The van der Waals surface area contributed by atoms with Crippen molar-refractivity contribution < 1.29 is 9.90 Å². The summed E-state index contributed by atoms with van der Waals surface area (Å²) in [5.74, 6) is -0.935. The van der Waals surface area contributed by atoms with Crippen LogP contribution in [0.5, 0.6) is 0 Å². The zero-order valence-corrected chi connectivity index (χ0v) is 8.54. The third kappa shape index (κ3) is 2.42. The van der Waals surface area contributed by atoms with Crippen molar-refractivity contribution in [3.05, 3.63) is 32.7 Å². The van der Waals surface area contributed by atoms with Gasteiger partial charge in [0.15, 0.2) is 5.43 Å². The molecule has 5 heteroatoms. The molecular weight excluding hydrogens is 238 g/mol. The molecule has 0 aliphatic heterocycles. The van der Waals surface area contributed by atoms with Crippen LogP contribution in [0.25, 0.3) is 0 Å². The molecule has 0 radical (unpaired) electrons. The smallest absolute Gasteiger partial charge is 0.323 e. The first-order valence-electron chi connectivity index (χ1n) is 3.58. The number of pyridine rings is 1. The lowest BCUT2D eigenvalue weighted by molar-refractivity contribution is -0.137. The monoisotopic (exact) mass is 245 g/mol. The topological polar surface area (TPSA) is 59.3 Å². The van der Waals surface area contributed by atoms with Gasteiger partial charge >= 0.3 is 5.97 Å². The van der Waals surface area contributed by atoms with Gasteiger partial charge in [-0.25, -0.2) is 0 Å². The number of nitrogens with zero attached hydrogens (tertiary/aromatic N) is 1. The molecule has 0 atom stereocenters. The highest BCUT2D eigenvalue weighted by molar-refractivity contribution is 9.10. The number of aliphatic carboxylic acids is 1. The Balaban J connectivity index is 3.13. The van der Waals surface area contributed by atoms with Gasteiger partial charge in [0.2, 0.25) is 0 Å². The van der Waals surface area contributed by atoms with E-state index in [0.29, 0.717) is 10.0 Å². The molecular formula is C8H8BrNO3. The number of aryl methyl sites for hydroxylation is 1. The second kappa shape index (κ2) is 3.74. The normalized spacial score (nSPS) is 10.0. The maximum atomic E-state index is 11.2. The van der Waals surface area contributed by atoms with E-state index in [-0.39, 0.29) is 12.0 Å². The Labute approximate surface area is 82.9 Å². The van der Waals surface area contributed by atoms with Crippen molar-refractivity contribution in [1.29, 1.82) is 0 Å². The van der Waals surface area contributed by atoms with E-state index in [1.54, 1.807) is 6.92 Å². The average molecular weight is 246 g/mol. The molecule has 1 aromatic heterocycles. The Morgan fingerprint density at radius 3 is 2.69 bits per heavy atom. The minimum Gasteiger partial charge on any atom is -0.480 e. The second-order valence-corrected chi connectivity index (χ2v) is 3.54. The Kier molecular flexibility index (Phi) is 2.87. The molecule has 0 aliphatic carbocycles. The predicted molar refractivity (Wildman–Crippen MR) is 50.8 cm³/mol. The van der Waals surface area contributed by atoms with Gasteiger partial charge in [-0.2, -0.15) is 0 Å². The van der Waals surface area contributed by atoms with E-state index in [4.69, 9.17) is 5.11 Å². The fourth-order valence-corrected chi connectivity index (χ4v) is 1.56. The summed E-state index contributed by atoms with van der Waals surface area (Å²) < 4.78 is 1.83. The number of aromatic nitrogens is 1. The summed E-state index contributed by atoms with van der Waals surface area (Å²) in [5, 5.41) is 8.50. The van der Waals surface area contributed by atoms with Gasteiger partial charge in [-0.05, 0) is 22.9 Å². The zero-order chi connectivity index (χ0) is 10.0. The molecule has 1 N–H and O–H groups in total. The highest BCUT2D eigenvalue weighted by atomic mass is 79.9. The van der Waals surface area contributed by atoms with Crippen LogP contribution in [0, 0.1) is 6.92 Å². The molecule has 0 saturated carbocycles. The third-order valence-electron chi connectivity index (χ3n) is 1.53.